The molecule has 2 aliphatic rings. The summed E-state index contributed by atoms with van der Waals surface area (Å²) in [6, 6.07) is 0. The molecule has 2 rings (SSSR count). The van der Waals surface area contributed by atoms with Gasteiger partial charge in [-0.25, -0.2) is 0 Å². The summed E-state index contributed by atoms with van der Waals surface area (Å²) in [5.41, 5.74) is 0. The number of allylic oxidation sites excluding steroid dienone is 2. The van der Waals surface area contributed by atoms with Crippen LogP contribution >= 0.6 is 47.0 Å². The van der Waals surface area contributed by atoms with Gasteiger partial charge in [-0.2, -0.15) is 0 Å². The van der Waals surface area contributed by atoms with E-state index in [-0.39, 0.29) is 0 Å². The van der Waals surface area contributed by atoms with Gasteiger partial charge >= 0.3 is 0 Å². The fourth-order valence-corrected chi connectivity index (χ4v) is 10.9. The molecule has 2 fully saturated rings. The highest BCUT2D eigenvalue weighted by Crippen LogP contribution is 2.51. The lowest BCUT2D eigenvalue weighted by atomic mass is 10.0. The minimum atomic E-state index is 0.518. The maximum absolute atomic E-state index is 3.91. The third-order valence-corrected chi connectivity index (χ3v) is 12.5. The zero-order chi connectivity index (χ0) is 18.6. The Morgan fingerprint density at radius 1 is 0.577 bits per heavy atom. The molecule has 0 nitrogen and oxygen atoms in total. The van der Waals surface area contributed by atoms with Crippen LogP contribution in [0.15, 0.2) is 25.3 Å². The van der Waals surface area contributed by atoms with Gasteiger partial charge in [0, 0.05) is 0 Å². The monoisotopic (exact) mass is 430 g/mol. The maximum Gasteiger partial charge on any atom is 0.0611 e. The van der Waals surface area contributed by atoms with E-state index in [1.807, 2.05) is 0 Å². The maximum atomic E-state index is 3.91. The van der Waals surface area contributed by atoms with Gasteiger partial charge in [0.25, 0.3) is 0 Å². The van der Waals surface area contributed by atoms with Gasteiger partial charge in [-0.1, -0.05) is 25.0 Å². The Balaban J connectivity index is 1.78. The Hall–Kier alpha value is 0.880. The van der Waals surface area contributed by atoms with Gasteiger partial charge < -0.3 is 0 Å². The van der Waals surface area contributed by atoms with E-state index in [0.29, 0.717) is 8.16 Å². The lowest BCUT2D eigenvalue weighted by Crippen LogP contribution is -2.27. The lowest BCUT2D eigenvalue weighted by molar-refractivity contribution is 0.534. The number of hydrogen-bond acceptors (Lipinski definition) is 4. The zero-order valence-electron chi connectivity index (χ0n) is 16.5. The fraction of sp³-hybridized carbons (Fsp3) is 0.818. The summed E-state index contributed by atoms with van der Waals surface area (Å²) in [7, 11) is 0. The number of unbranched alkanes of at least 4 members (excludes halogenated alkanes) is 3. The predicted molar refractivity (Wildman–Crippen MR) is 131 cm³/mol. The molecule has 0 atom stereocenters. The minimum absolute atomic E-state index is 0.518. The van der Waals surface area contributed by atoms with Crippen LogP contribution in [-0.2, 0) is 0 Å². The van der Waals surface area contributed by atoms with E-state index in [0.717, 1.165) is 0 Å². The second kappa shape index (κ2) is 13.2. The molecule has 0 unspecified atom stereocenters. The van der Waals surface area contributed by atoms with Crippen LogP contribution in [0.5, 0.6) is 0 Å². The quantitative estimate of drug-likeness (QED) is 0.212. The zero-order valence-corrected chi connectivity index (χ0v) is 19.8. The molecule has 150 valence electrons. The molecule has 0 aromatic heterocycles. The first-order valence-electron chi connectivity index (χ1n) is 10.5. The molecule has 2 saturated heterocycles. The van der Waals surface area contributed by atoms with Crippen LogP contribution in [0.2, 0.25) is 0 Å². The first-order chi connectivity index (χ1) is 12.7. The summed E-state index contributed by atoms with van der Waals surface area (Å²) >= 11 is 9.08. The van der Waals surface area contributed by atoms with Crippen molar-refractivity contribution >= 4 is 47.0 Å². The molecule has 0 N–H and O–H groups in total. The van der Waals surface area contributed by atoms with Gasteiger partial charge in [-0.05, 0) is 87.2 Å². The van der Waals surface area contributed by atoms with Crippen molar-refractivity contribution in [3.8, 4) is 0 Å². The molecule has 0 aliphatic carbocycles. The normalized spacial score (nSPS) is 22.0. The van der Waals surface area contributed by atoms with Crippen LogP contribution in [0, 0.1) is 0 Å². The number of hydrogen-bond donors (Lipinski definition) is 0. The number of thioether (sulfide) groups is 4. The van der Waals surface area contributed by atoms with E-state index >= 15 is 0 Å². The van der Waals surface area contributed by atoms with Crippen molar-refractivity contribution in [1.82, 2.24) is 0 Å². The summed E-state index contributed by atoms with van der Waals surface area (Å²) in [5, 5.41) is 0. The van der Waals surface area contributed by atoms with E-state index in [4.69, 9.17) is 0 Å². The standard InChI is InChI=1S/C22H38S4/c1-3-5-7-13-21(23-17-11-18-24-21)15-9-10-16-22(14-8-6-4-2)25-19-12-20-26-22/h3-4H,1-2,5-20H2. The Bertz CT molecular complexity index is 357. The summed E-state index contributed by atoms with van der Waals surface area (Å²) < 4.78 is 1.04. The molecule has 0 amide bonds. The van der Waals surface area contributed by atoms with Crippen molar-refractivity contribution in [2.24, 2.45) is 0 Å². The number of rotatable bonds is 13. The molecular formula is C22H38S4. The second-order valence-corrected chi connectivity index (χ2v) is 13.9. The average Bonchev–Trinajstić information content (AvgIpc) is 2.68. The smallest absolute Gasteiger partial charge is 0.0611 e. The van der Waals surface area contributed by atoms with Gasteiger partial charge in [0.1, 0.15) is 0 Å². The molecule has 4 heteroatoms. The SMILES string of the molecule is C=CCCCC1(CCCCC2(CCCC=C)SCCCS2)SCCCS1. The van der Waals surface area contributed by atoms with Crippen molar-refractivity contribution in [3.63, 3.8) is 0 Å². The predicted octanol–water partition coefficient (Wildman–Crippen LogP) is 8.39. The average molecular weight is 431 g/mol. The van der Waals surface area contributed by atoms with Gasteiger partial charge in [0.2, 0.25) is 0 Å². The third kappa shape index (κ3) is 8.09. The summed E-state index contributed by atoms with van der Waals surface area (Å²) in [6.45, 7) is 7.81. The fourth-order valence-electron chi connectivity index (χ4n) is 3.88. The lowest BCUT2D eigenvalue weighted by Gasteiger charge is -2.38. The van der Waals surface area contributed by atoms with E-state index in [1.165, 1.54) is 100 Å². The Kier molecular flexibility index (Phi) is 11.7. The van der Waals surface area contributed by atoms with Crippen LogP contribution in [-0.4, -0.2) is 31.2 Å². The molecule has 0 radical (unpaired) electrons. The molecule has 26 heavy (non-hydrogen) atoms. The van der Waals surface area contributed by atoms with E-state index in [1.54, 1.807) is 0 Å². The highest BCUT2D eigenvalue weighted by molar-refractivity contribution is 8.19. The Labute approximate surface area is 180 Å². The summed E-state index contributed by atoms with van der Waals surface area (Å²) in [6.07, 6.45) is 20.4. The summed E-state index contributed by atoms with van der Waals surface area (Å²) in [5.74, 6) is 5.49. The van der Waals surface area contributed by atoms with Gasteiger partial charge in [0.05, 0.1) is 8.16 Å². The van der Waals surface area contributed by atoms with Crippen LogP contribution in [0.1, 0.15) is 77.0 Å². The largest absolute Gasteiger partial charge is 0.144 e. The molecule has 0 spiro atoms. The van der Waals surface area contributed by atoms with Crippen LogP contribution in [0.4, 0.5) is 0 Å². The van der Waals surface area contributed by atoms with Crippen molar-refractivity contribution in [1.29, 1.82) is 0 Å². The molecule has 0 aromatic carbocycles. The van der Waals surface area contributed by atoms with Crippen LogP contribution < -0.4 is 0 Å². The molecule has 2 heterocycles. The van der Waals surface area contributed by atoms with Gasteiger partial charge in [-0.3, -0.25) is 0 Å². The molecule has 0 aromatic rings. The molecule has 0 bridgehead atoms. The first kappa shape index (κ1) is 23.2. The van der Waals surface area contributed by atoms with Crippen molar-refractivity contribution < 1.29 is 0 Å². The minimum Gasteiger partial charge on any atom is -0.144 e. The highest BCUT2D eigenvalue weighted by atomic mass is 32.2. The van der Waals surface area contributed by atoms with Gasteiger partial charge in [0.15, 0.2) is 0 Å². The van der Waals surface area contributed by atoms with Gasteiger partial charge in [-0.15, -0.1) is 60.2 Å². The second-order valence-electron chi connectivity index (χ2n) is 7.49. The van der Waals surface area contributed by atoms with Crippen LogP contribution in [0.3, 0.4) is 0 Å². The first-order valence-corrected chi connectivity index (χ1v) is 14.5. The van der Waals surface area contributed by atoms with E-state index in [9.17, 15) is 0 Å². The Morgan fingerprint density at radius 3 is 1.27 bits per heavy atom. The van der Waals surface area contributed by atoms with Crippen LogP contribution in [0.25, 0.3) is 0 Å². The van der Waals surface area contributed by atoms with Crippen molar-refractivity contribution in [3.05, 3.63) is 25.3 Å². The third-order valence-electron chi connectivity index (χ3n) is 5.34. The topological polar surface area (TPSA) is 0 Å². The molecule has 2 aliphatic heterocycles. The molecular weight excluding hydrogens is 393 g/mol. The van der Waals surface area contributed by atoms with Crippen molar-refractivity contribution in [2.75, 3.05) is 23.0 Å². The van der Waals surface area contributed by atoms with Crippen molar-refractivity contribution in [2.45, 2.75) is 85.2 Å². The highest BCUT2D eigenvalue weighted by Gasteiger charge is 2.35. The van der Waals surface area contributed by atoms with E-state index in [2.05, 4.69) is 72.4 Å². The Morgan fingerprint density at radius 2 is 0.923 bits per heavy atom. The van der Waals surface area contributed by atoms with E-state index < -0.39 is 0 Å². The summed E-state index contributed by atoms with van der Waals surface area (Å²) in [4.78, 5) is 0. The molecule has 0 saturated carbocycles.